The minimum Gasteiger partial charge on any atom is -0.368 e. The summed E-state index contributed by atoms with van der Waals surface area (Å²) in [5.74, 6) is 0.869. The molecule has 0 saturated heterocycles. The number of rotatable bonds is 2. The van der Waals surface area contributed by atoms with Crippen LogP contribution in [0.1, 0.15) is 12.6 Å². The van der Waals surface area contributed by atoms with E-state index in [4.69, 9.17) is 0 Å². The molecule has 0 amide bonds. The first kappa shape index (κ1) is 8.94. The van der Waals surface area contributed by atoms with E-state index in [1.54, 1.807) is 0 Å². The maximum Gasteiger partial charge on any atom is 0.156 e. The van der Waals surface area contributed by atoms with Crippen molar-refractivity contribution in [1.82, 2.24) is 10.2 Å². The highest BCUT2D eigenvalue weighted by molar-refractivity contribution is 5.92. The van der Waals surface area contributed by atoms with Gasteiger partial charge in [-0.15, -0.1) is 5.10 Å². The molecule has 0 aliphatic heterocycles. The highest BCUT2D eigenvalue weighted by Crippen LogP contribution is 2.21. The van der Waals surface area contributed by atoms with E-state index < -0.39 is 0 Å². The Morgan fingerprint density at radius 3 is 2.57 bits per heavy atom. The van der Waals surface area contributed by atoms with Crippen molar-refractivity contribution < 1.29 is 0 Å². The zero-order valence-corrected chi connectivity index (χ0v) is 8.41. The summed E-state index contributed by atoms with van der Waals surface area (Å²) in [5, 5.41) is 13.8. The van der Waals surface area contributed by atoms with Crippen LogP contribution < -0.4 is 5.32 Å². The van der Waals surface area contributed by atoms with Gasteiger partial charge in [-0.05, 0) is 13.8 Å². The summed E-state index contributed by atoms with van der Waals surface area (Å²) in [4.78, 5) is 0. The lowest BCUT2D eigenvalue weighted by Crippen LogP contribution is -2.02. The minimum atomic E-state index is 0.863. The van der Waals surface area contributed by atoms with Crippen molar-refractivity contribution in [2.24, 2.45) is 0 Å². The van der Waals surface area contributed by atoms with E-state index in [1.807, 2.05) is 19.1 Å². The Balaban J connectivity index is 2.68. The molecule has 1 aromatic heterocycles. The number of fused-ring (bicyclic) bond motifs is 1. The standard InChI is InChI=1S/C11H13N3/c1-3-12-11-10-7-5-4-6-9(10)8(2)13-14-11/h4-7H,3H2,1-2H3,(H,12,14). The molecule has 14 heavy (non-hydrogen) atoms. The smallest absolute Gasteiger partial charge is 0.156 e. The van der Waals surface area contributed by atoms with Gasteiger partial charge in [-0.25, -0.2) is 0 Å². The Bertz CT molecular complexity index is 451. The molecule has 3 heteroatoms. The van der Waals surface area contributed by atoms with Crippen LogP contribution in [0.5, 0.6) is 0 Å². The molecule has 0 unspecified atom stereocenters. The molecule has 0 fully saturated rings. The van der Waals surface area contributed by atoms with Crippen LogP contribution in [0, 0.1) is 6.92 Å². The first-order chi connectivity index (χ1) is 6.83. The van der Waals surface area contributed by atoms with Crippen molar-refractivity contribution >= 4 is 16.6 Å². The van der Waals surface area contributed by atoms with Crippen molar-refractivity contribution in [3.05, 3.63) is 30.0 Å². The normalized spacial score (nSPS) is 10.4. The predicted molar refractivity (Wildman–Crippen MR) is 58.4 cm³/mol. The van der Waals surface area contributed by atoms with Gasteiger partial charge in [0.15, 0.2) is 5.82 Å². The summed E-state index contributed by atoms with van der Waals surface area (Å²) in [6, 6.07) is 8.17. The number of nitrogens with one attached hydrogen (secondary N) is 1. The van der Waals surface area contributed by atoms with Gasteiger partial charge in [-0.3, -0.25) is 0 Å². The van der Waals surface area contributed by atoms with E-state index >= 15 is 0 Å². The number of aromatic nitrogens is 2. The van der Waals surface area contributed by atoms with Gasteiger partial charge < -0.3 is 5.32 Å². The second-order valence-electron chi connectivity index (χ2n) is 3.21. The Labute approximate surface area is 83.2 Å². The maximum absolute atomic E-state index is 4.14. The van der Waals surface area contributed by atoms with Crippen LogP contribution in [0.4, 0.5) is 5.82 Å². The van der Waals surface area contributed by atoms with Crippen molar-refractivity contribution in [3.8, 4) is 0 Å². The van der Waals surface area contributed by atoms with E-state index in [2.05, 4.69) is 34.6 Å². The second-order valence-corrected chi connectivity index (χ2v) is 3.21. The van der Waals surface area contributed by atoms with Crippen molar-refractivity contribution in [3.63, 3.8) is 0 Å². The van der Waals surface area contributed by atoms with Crippen LogP contribution in [-0.2, 0) is 0 Å². The molecule has 0 saturated carbocycles. The summed E-state index contributed by atoms with van der Waals surface area (Å²) in [5.41, 5.74) is 0.974. The summed E-state index contributed by atoms with van der Waals surface area (Å²) in [6.45, 7) is 4.89. The number of aryl methyl sites for hydroxylation is 1. The highest BCUT2D eigenvalue weighted by atomic mass is 15.2. The molecule has 0 radical (unpaired) electrons. The third-order valence-electron chi connectivity index (χ3n) is 2.22. The number of hydrogen-bond acceptors (Lipinski definition) is 3. The monoisotopic (exact) mass is 187 g/mol. The van der Waals surface area contributed by atoms with Crippen molar-refractivity contribution in [1.29, 1.82) is 0 Å². The zero-order chi connectivity index (χ0) is 9.97. The zero-order valence-electron chi connectivity index (χ0n) is 8.41. The lowest BCUT2D eigenvalue weighted by Gasteiger charge is -2.06. The van der Waals surface area contributed by atoms with Crippen LogP contribution in [0.2, 0.25) is 0 Å². The van der Waals surface area contributed by atoms with Crippen molar-refractivity contribution in [2.45, 2.75) is 13.8 Å². The number of anilines is 1. The summed E-state index contributed by atoms with van der Waals surface area (Å²) < 4.78 is 0. The van der Waals surface area contributed by atoms with E-state index in [0.717, 1.165) is 23.4 Å². The van der Waals surface area contributed by atoms with Crippen LogP contribution in [0.3, 0.4) is 0 Å². The van der Waals surface area contributed by atoms with Gasteiger partial charge in [-0.2, -0.15) is 5.10 Å². The Hall–Kier alpha value is -1.64. The number of benzene rings is 1. The van der Waals surface area contributed by atoms with Gasteiger partial charge >= 0.3 is 0 Å². The molecule has 3 nitrogen and oxygen atoms in total. The third-order valence-corrected chi connectivity index (χ3v) is 2.22. The molecule has 0 spiro atoms. The van der Waals surface area contributed by atoms with Gasteiger partial charge in [0, 0.05) is 17.3 Å². The van der Waals surface area contributed by atoms with E-state index in [0.29, 0.717) is 0 Å². The van der Waals surface area contributed by atoms with Gasteiger partial charge in [0.05, 0.1) is 5.69 Å². The molecule has 0 atom stereocenters. The van der Waals surface area contributed by atoms with Gasteiger partial charge in [0.25, 0.3) is 0 Å². The van der Waals surface area contributed by atoms with E-state index in [1.165, 1.54) is 5.39 Å². The quantitative estimate of drug-likeness (QED) is 0.784. The first-order valence-corrected chi connectivity index (χ1v) is 4.79. The fourth-order valence-corrected chi connectivity index (χ4v) is 1.54. The fraction of sp³-hybridized carbons (Fsp3) is 0.273. The third kappa shape index (κ3) is 1.41. The van der Waals surface area contributed by atoms with E-state index in [-0.39, 0.29) is 0 Å². The molecule has 2 aromatic rings. The van der Waals surface area contributed by atoms with Gasteiger partial charge in [-0.1, -0.05) is 24.3 Å². The molecule has 1 heterocycles. The van der Waals surface area contributed by atoms with Crippen LogP contribution in [0.25, 0.3) is 10.8 Å². The molecule has 72 valence electrons. The lowest BCUT2D eigenvalue weighted by atomic mass is 10.1. The molecular weight excluding hydrogens is 174 g/mol. The van der Waals surface area contributed by atoms with Crippen LogP contribution >= 0.6 is 0 Å². The largest absolute Gasteiger partial charge is 0.368 e. The second kappa shape index (κ2) is 3.62. The van der Waals surface area contributed by atoms with Gasteiger partial charge in [0.1, 0.15) is 0 Å². The molecule has 1 N–H and O–H groups in total. The average Bonchev–Trinajstić information content (AvgIpc) is 2.23. The first-order valence-electron chi connectivity index (χ1n) is 4.79. The highest BCUT2D eigenvalue weighted by Gasteiger charge is 2.03. The maximum atomic E-state index is 4.14. The minimum absolute atomic E-state index is 0.863. The molecular formula is C11H13N3. The van der Waals surface area contributed by atoms with Gasteiger partial charge in [0.2, 0.25) is 0 Å². The summed E-state index contributed by atoms with van der Waals surface area (Å²) >= 11 is 0. The summed E-state index contributed by atoms with van der Waals surface area (Å²) in [7, 11) is 0. The molecule has 0 aliphatic rings. The molecule has 1 aromatic carbocycles. The molecule has 0 aliphatic carbocycles. The Kier molecular flexibility index (Phi) is 2.31. The average molecular weight is 187 g/mol. The fourth-order valence-electron chi connectivity index (χ4n) is 1.54. The number of hydrogen-bond donors (Lipinski definition) is 1. The lowest BCUT2D eigenvalue weighted by molar-refractivity contribution is 0.991. The topological polar surface area (TPSA) is 37.8 Å². The molecule has 0 bridgehead atoms. The van der Waals surface area contributed by atoms with Crippen molar-refractivity contribution in [2.75, 3.05) is 11.9 Å². The number of nitrogens with zero attached hydrogens (tertiary/aromatic N) is 2. The van der Waals surface area contributed by atoms with Crippen LogP contribution in [-0.4, -0.2) is 16.7 Å². The van der Waals surface area contributed by atoms with Crippen LogP contribution in [0.15, 0.2) is 24.3 Å². The molecule has 2 rings (SSSR count). The predicted octanol–water partition coefficient (Wildman–Crippen LogP) is 2.37. The van der Waals surface area contributed by atoms with E-state index in [9.17, 15) is 0 Å². The Morgan fingerprint density at radius 2 is 1.86 bits per heavy atom. The summed E-state index contributed by atoms with van der Waals surface area (Å²) in [6.07, 6.45) is 0. The SMILES string of the molecule is CCNc1nnc(C)c2ccccc12. The Morgan fingerprint density at radius 1 is 1.14 bits per heavy atom.